The van der Waals surface area contributed by atoms with E-state index in [1.165, 1.54) is 5.56 Å². The lowest BCUT2D eigenvalue weighted by atomic mass is 10.1. The second kappa shape index (κ2) is 5.24. The summed E-state index contributed by atoms with van der Waals surface area (Å²) in [6, 6.07) is 8.15. The minimum absolute atomic E-state index is 0. The van der Waals surface area contributed by atoms with Crippen LogP contribution in [0.25, 0.3) is 0 Å². The van der Waals surface area contributed by atoms with Crippen molar-refractivity contribution in [3.63, 3.8) is 0 Å². The second-order valence-corrected chi connectivity index (χ2v) is 2.69. The van der Waals surface area contributed by atoms with Gasteiger partial charge in [-0.1, -0.05) is 43.7 Å². The predicted molar refractivity (Wildman–Crippen MR) is 60.6 cm³/mol. The summed E-state index contributed by atoms with van der Waals surface area (Å²) in [7, 11) is 0. The fourth-order valence-corrected chi connectivity index (χ4v) is 1.05. The molecule has 0 saturated heterocycles. The Morgan fingerprint density at radius 1 is 1.14 bits per heavy atom. The molecule has 0 aromatic heterocycles. The third kappa shape index (κ3) is 2.47. The first-order valence-electron chi connectivity index (χ1n) is 4.77. The summed E-state index contributed by atoms with van der Waals surface area (Å²) in [6.45, 7) is 6.06. The van der Waals surface area contributed by atoms with Gasteiger partial charge in [0.05, 0.1) is 0 Å². The van der Waals surface area contributed by atoms with Gasteiger partial charge in [0.1, 0.15) is 0 Å². The van der Waals surface area contributed by atoms with Gasteiger partial charge in [-0.2, -0.15) is 0 Å². The topological polar surface area (TPSA) is 48.5 Å². The molecule has 14 heavy (non-hydrogen) atoms. The van der Waals surface area contributed by atoms with E-state index in [9.17, 15) is 0 Å². The van der Waals surface area contributed by atoms with E-state index in [1.54, 1.807) is 0 Å². The van der Waals surface area contributed by atoms with Crippen LogP contribution < -0.4 is 16.5 Å². The number of hydrazone groups is 1. The van der Waals surface area contributed by atoms with Crippen molar-refractivity contribution in [1.82, 2.24) is 16.5 Å². The molecule has 0 amide bonds. The Morgan fingerprint density at radius 3 is 2.29 bits per heavy atom. The molecular weight excluding hydrogens is 176 g/mol. The molecule has 1 aromatic carbocycles. The molecule has 1 heterocycles. The Bertz CT molecular complexity index is 308. The van der Waals surface area contributed by atoms with Crippen molar-refractivity contribution < 1.29 is 1.43 Å². The summed E-state index contributed by atoms with van der Waals surface area (Å²) in [5.41, 5.74) is 10.5. The standard InChI is InChI=1S/C8H10N4.C2H6.H2/c1-6-2-4-7(5-3-6)8-9-11-12-10-8;1-2;/h2-5,11-12H,1H3,(H,9,10);1-2H3;1H. The molecule has 0 atom stereocenters. The number of hydrogen-bond donors (Lipinski definition) is 3. The van der Waals surface area contributed by atoms with E-state index in [2.05, 4.69) is 40.7 Å². The first kappa shape index (κ1) is 10.5. The van der Waals surface area contributed by atoms with Gasteiger partial charge in [0.2, 0.25) is 0 Å². The number of aryl methyl sites for hydroxylation is 1. The molecule has 1 aliphatic rings. The minimum Gasteiger partial charge on any atom is -0.285 e. The summed E-state index contributed by atoms with van der Waals surface area (Å²) in [6.07, 6.45) is 0. The quantitative estimate of drug-likeness (QED) is 0.635. The zero-order chi connectivity index (χ0) is 10.4. The van der Waals surface area contributed by atoms with Crippen LogP contribution in [0.1, 0.15) is 26.4 Å². The molecule has 1 aromatic rings. The first-order chi connectivity index (χ1) is 6.86. The van der Waals surface area contributed by atoms with Gasteiger partial charge in [-0.3, -0.25) is 5.43 Å². The molecule has 0 bridgehead atoms. The number of benzene rings is 1. The maximum absolute atomic E-state index is 3.98. The van der Waals surface area contributed by atoms with Crippen molar-refractivity contribution in [2.24, 2.45) is 5.10 Å². The lowest BCUT2D eigenvalue weighted by Crippen LogP contribution is -2.35. The largest absolute Gasteiger partial charge is 0.285 e. The Kier molecular flexibility index (Phi) is 3.94. The van der Waals surface area contributed by atoms with E-state index in [4.69, 9.17) is 0 Å². The minimum atomic E-state index is 0. The van der Waals surface area contributed by atoms with Gasteiger partial charge in [0.25, 0.3) is 0 Å². The van der Waals surface area contributed by atoms with Crippen LogP contribution in [-0.4, -0.2) is 5.84 Å². The Morgan fingerprint density at radius 2 is 1.79 bits per heavy atom. The SMILES string of the molecule is CC.Cc1ccc(C2=NNNN2)cc1.[HH]. The van der Waals surface area contributed by atoms with E-state index in [1.807, 2.05) is 26.0 Å². The normalized spacial score (nSPS) is 13.2. The molecule has 0 aliphatic carbocycles. The van der Waals surface area contributed by atoms with Crippen LogP contribution in [0.4, 0.5) is 0 Å². The molecule has 3 N–H and O–H groups in total. The highest BCUT2D eigenvalue weighted by atomic mass is 15.8. The van der Waals surface area contributed by atoms with Crippen LogP contribution in [-0.2, 0) is 0 Å². The molecule has 0 radical (unpaired) electrons. The summed E-state index contributed by atoms with van der Waals surface area (Å²) in [5.74, 6) is 0.815. The summed E-state index contributed by atoms with van der Waals surface area (Å²) in [4.78, 5) is 0. The molecule has 0 spiro atoms. The number of hydrazine groups is 2. The van der Waals surface area contributed by atoms with Crippen LogP contribution in [0, 0.1) is 6.92 Å². The average Bonchev–Trinajstić information content (AvgIpc) is 2.75. The van der Waals surface area contributed by atoms with Crippen LogP contribution in [0.3, 0.4) is 0 Å². The highest BCUT2D eigenvalue weighted by Crippen LogP contribution is 2.03. The summed E-state index contributed by atoms with van der Waals surface area (Å²) < 4.78 is 0. The molecule has 0 saturated carbocycles. The van der Waals surface area contributed by atoms with E-state index in [0.717, 1.165) is 11.4 Å². The maximum atomic E-state index is 3.98. The Balaban J connectivity index is 0.000000617. The lowest BCUT2D eigenvalue weighted by molar-refractivity contribution is 0.577. The number of rotatable bonds is 1. The smallest absolute Gasteiger partial charge is 0.170 e. The summed E-state index contributed by atoms with van der Waals surface area (Å²) >= 11 is 0. The van der Waals surface area contributed by atoms with Crippen LogP contribution in [0.2, 0.25) is 0 Å². The number of hydrogen-bond acceptors (Lipinski definition) is 4. The number of amidine groups is 1. The third-order valence-electron chi connectivity index (χ3n) is 1.73. The molecule has 0 fully saturated rings. The van der Waals surface area contributed by atoms with Crippen molar-refractivity contribution in [1.29, 1.82) is 0 Å². The first-order valence-corrected chi connectivity index (χ1v) is 4.77. The highest BCUT2D eigenvalue weighted by molar-refractivity contribution is 5.98. The molecule has 2 rings (SSSR count). The molecule has 4 heteroatoms. The van der Waals surface area contributed by atoms with Crippen molar-refractivity contribution in [2.75, 3.05) is 0 Å². The van der Waals surface area contributed by atoms with Crippen LogP contribution >= 0.6 is 0 Å². The van der Waals surface area contributed by atoms with Gasteiger partial charge in [-0.15, -0.1) is 10.6 Å². The zero-order valence-electron chi connectivity index (χ0n) is 8.76. The van der Waals surface area contributed by atoms with E-state index in [-0.39, 0.29) is 1.43 Å². The second-order valence-electron chi connectivity index (χ2n) is 2.69. The van der Waals surface area contributed by atoms with Crippen LogP contribution in [0.15, 0.2) is 29.4 Å². The Hall–Kier alpha value is -1.55. The van der Waals surface area contributed by atoms with Crippen molar-refractivity contribution in [3.05, 3.63) is 35.4 Å². The third-order valence-corrected chi connectivity index (χ3v) is 1.73. The van der Waals surface area contributed by atoms with E-state index >= 15 is 0 Å². The molecular formula is C10H18N4. The predicted octanol–water partition coefficient (Wildman–Crippen LogP) is 1.54. The van der Waals surface area contributed by atoms with Gasteiger partial charge in [0, 0.05) is 6.99 Å². The molecule has 0 unspecified atom stereocenters. The fraction of sp³-hybridized carbons (Fsp3) is 0.300. The molecule has 1 aliphatic heterocycles. The van der Waals surface area contributed by atoms with Crippen molar-refractivity contribution in [3.8, 4) is 0 Å². The molecule has 4 nitrogen and oxygen atoms in total. The van der Waals surface area contributed by atoms with Gasteiger partial charge in [-0.05, 0) is 6.92 Å². The van der Waals surface area contributed by atoms with Crippen molar-refractivity contribution in [2.45, 2.75) is 20.8 Å². The van der Waals surface area contributed by atoms with E-state index < -0.39 is 0 Å². The van der Waals surface area contributed by atoms with Gasteiger partial charge in [0.15, 0.2) is 5.84 Å². The number of nitrogens with zero attached hydrogens (tertiary/aromatic N) is 1. The maximum Gasteiger partial charge on any atom is 0.170 e. The van der Waals surface area contributed by atoms with Crippen LogP contribution in [0.5, 0.6) is 0 Å². The number of nitrogens with one attached hydrogen (secondary N) is 3. The van der Waals surface area contributed by atoms with Gasteiger partial charge in [-0.25, -0.2) is 5.53 Å². The van der Waals surface area contributed by atoms with Gasteiger partial charge >= 0.3 is 0 Å². The Labute approximate surface area is 85.8 Å². The van der Waals surface area contributed by atoms with E-state index in [0.29, 0.717) is 0 Å². The molecule has 78 valence electrons. The lowest BCUT2D eigenvalue weighted by Gasteiger charge is -1.99. The zero-order valence-corrected chi connectivity index (χ0v) is 8.76. The fourth-order valence-electron chi connectivity index (χ4n) is 1.05. The highest BCUT2D eigenvalue weighted by Gasteiger charge is 2.05. The van der Waals surface area contributed by atoms with Crippen molar-refractivity contribution >= 4 is 5.84 Å². The summed E-state index contributed by atoms with van der Waals surface area (Å²) in [5, 5.41) is 3.98. The monoisotopic (exact) mass is 194 g/mol. The average molecular weight is 194 g/mol. The van der Waals surface area contributed by atoms with Gasteiger partial charge < -0.3 is 0 Å².